The lowest BCUT2D eigenvalue weighted by atomic mass is 9.93. The minimum absolute atomic E-state index is 0.700. The lowest BCUT2D eigenvalue weighted by Gasteiger charge is -2.47. The first-order valence-corrected chi connectivity index (χ1v) is 7.79. The summed E-state index contributed by atoms with van der Waals surface area (Å²) in [6.45, 7) is 12.1. The third-order valence-corrected chi connectivity index (χ3v) is 5.14. The van der Waals surface area contributed by atoms with Crippen molar-refractivity contribution in [1.29, 1.82) is 0 Å². The second-order valence-electron chi connectivity index (χ2n) is 6.48. The molecule has 3 heteroatoms. The Balaban J connectivity index is 1.93. The van der Waals surface area contributed by atoms with E-state index in [0.717, 1.165) is 12.0 Å². The highest BCUT2D eigenvalue weighted by Gasteiger charge is 2.33. The van der Waals surface area contributed by atoms with Gasteiger partial charge in [-0.05, 0) is 45.8 Å². The third-order valence-electron chi connectivity index (χ3n) is 5.14. The van der Waals surface area contributed by atoms with Gasteiger partial charge in [0.25, 0.3) is 0 Å². The van der Waals surface area contributed by atoms with E-state index in [9.17, 15) is 0 Å². The Morgan fingerprint density at radius 3 is 2.56 bits per heavy atom. The summed E-state index contributed by atoms with van der Waals surface area (Å²) in [5, 5.41) is 3.75. The summed E-state index contributed by atoms with van der Waals surface area (Å²) in [6, 6.07) is 2.23. The Morgan fingerprint density at radius 1 is 1.28 bits per heavy atom. The van der Waals surface area contributed by atoms with Gasteiger partial charge in [-0.2, -0.15) is 0 Å². The highest BCUT2D eigenvalue weighted by Crippen LogP contribution is 2.23. The van der Waals surface area contributed by atoms with E-state index in [1.165, 1.54) is 45.4 Å². The van der Waals surface area contributed by atoms with Crippen molar-refractivity contribution in [3.8, 4) is 0 Å². The molecule has 0 amide bonds. The van der Waals surface area contributed by atoms with E-state index in [-0.39, 0.29) is 0 Å². The molecule has 1 N–H and O–H groups in total. The van der Waals surface area contributed by atoms with Gasteiger partial charge in [0.05, 0.1) is 0 Å². The average Bonchev–Trinajstić information content (AvgIpc) is 2.39. The maximum atomic E-state index is 3.75. The molecule has 2 aliphatic rings. The summed E-state index contributed by atoms with van der Waals surface area (Å²) in [5.74, 6) is 0.797. The Hall–Kier alpha value is -0.120. The summed E-state index contributed by atoms with van der Waals surface area (Å²) in [7, 11) is 2.25. The van der Waals surface area contributed by atoms with Gasteiger partial charge < -0.3 is 10.2 Å². The van der Waals surface area contributed by atoms with E-state index in [2.05, 4.69) is 42.9 Å². The molecule has 3 atom stereocenters. The van der Waals surface area contributed by atoms with E-state index in [1.807, 2.05) is 0 Å². The lowest BCUT2D eigenvalue weighted by molar-refractivity contribution is 0.0440. The molecule has 2 fully saturated rings. The van der Waals surface area contributed by atoms with Gasteiger partial charge in [0, 0.05) is 31.2 Å². The van der Waals surface area contributed by atoms with Crippen LogP contribution in [0.25, 0.3) is 0 Å². The van der Waals surface area contributed by atoms with Crippen molar-refractivity contribution in [2.75, 3.05) is 33.2 Å². The molecular weight excluding hydrogens is 222 g/mol. The maximum Gasteiger partial charge on any atom is 0.0221 e. The van der Waals surface area contributed by atoms with Crippen molar-refractivity contribution in [2.24, 2.45) is 5.92 Å². The standard InChI is InChI=1S/C15H31N3/c1-5-12(2)15-11-18(13(3)10-16-15)14-6-8-17(4)9-7-14/h12-16H,5-11H2,1-4H3. The summed E-state index contributed by atoms with van der Waals surface area (Å²) in [4.78, 5) is 5.26. The highest BCUT2D eigenvalue weighted by atomic mass is 15.3. The van der Waals surface area contributed by atoms with E-state index in [1.54, 1.807) is 0 Å². The Bertz CT molecular complexity index is 248. The molecule has 0 aromatic heterocycles. The number of rotatable bonds is 3. The SMILES string of the molecule is CCC(C)C1CN(C2CCN(C)CC2)C(C)CN1. The molecule has 0 aromatic carbocycles. The number of likely N-dealkylation sites (tertiary alicyclic amines) is 1. The van der Waals surface area contributed by atoms with Crippen LogP contribution in [0.4, 0.5) is 0 Å². The number of nitrogens with one attached hydrogen (secondary N) is 1. The van der Waals surface area contributed by atoms with Crippen LogP contribution in [0, 0.1) is 5.92 Å². The van der Waals surface area contributed by atoms with Crippen molar-refractivity contribution < 1.29 is 0 Å². The van der Waals surface area contributed by atoms with Crippen LogP contribution in [0.15, 0.2) is 0 Å². The number of hydrogen-bond acceptors (Lipinski definition) is 3. The van der Waals surface area contributed by atoms with E-state index >= 15 is 0 Å². The maximum absolute atomic E-state index is 3.75. The Kier molecular flexibility index (Phi) is 5.05. The zero-order chi connectivity index (χ0) is 13.1. The van der Waals surface area contributed by atoms with Crippen LogP contribution >= 0.6 is 0 Å². The summed E-state index contributed by atoms with van der Waals surface area (Å²) < 4.78 is 0. The minimum atomic E-state index is 0.700. The number of piperazine rings is 1. The number of hydrogen-bond donors (Lipinski definition) is 1. The van der Waals surface area contributed by atoms with Gasteiger partial charge >= 0.3 is 0 Å². The third kappa shape index (κ3) is 3.25. The molecular formula is C15H31N3. The zero-order valence-corrected chi connectivity index (χ0v) is 12.7. The summed E-state index contributed by atoms with van der Waals surface area (Å²) in [5.41, 5.74) is 0. The molecule has 18 heavy (non-hydrogen) atoms. The van der Waals surface area contributed by atoms with Crippen molar-refractivity contribution in [1.82, 2.24) is 15.1 Å². The molecule has 0 saturated carbocycles. The normalized spacial score (nSPS) is 34.7. The molecule has 2 saturated heterocycles. The highest BCUT2D eigenvalue weighted by molar-refractivity contribution is 4.91. The smallest absolute Gasteiger partial charge is 0.0221 e. The monoisotopic (exact) mass is 253 g/mol. The molecule has 106 valence electrons. The molecule has 0 radical (unpaired) electrons. The van der Waals surface area contributed by atoms with Crippen LogP contribution in [-0.2, 0) is 0 Å². The molecule has 3 nitrogen and oxygen atoms in total. The van der Waals surface area contributed by atoms with Crippen LogP contribution in [-0.4, -0.2) is 61.2 Å². The van der Waals surface area contributed by atoms with Gasteiger partial charge in [-0.25, -0.2) is 0 Å². The summed E-state index contributed by atoms with van der Waals surface area (Å²) in [6.07, 6.45) is 4.00. The average molecular weight is 253 g/mol. The Morgan fingerprint density at radius 2 is 1.94 bits per heavy atom. The fourth-order valence-corrected chi connectivity index (χ4v) is 3.41. The van der Waals surface area contributed by atoms with Crippen LogP contribution in [0.2, 0.25) is 0 Å². The van der Waals surface area contributed by atoms with Crippen molar-refractivity contribution in [3.63, 3.8) is 0 Å². The van der Waals surface area contributed by atoms with Gasteiger partial charge in [-0.15, -0.1) is 0 Å². The minimum Gasteiger partial charge on any atom is -0.311 e. The molecule has 0 bridgehead atoms. The fraction of sp³-hybridized carbons (Fsp3) is 1.00. The van der Waals surface area contributed by atoms with Crippen LogP contribution in [0.1, 0.15) is 40.0 Å². The zero-order valence-electron chi connectivity index (χ0n) is 12.7. The largest absolute Gasteiger partial charge is 0.311 e. The van der Waals surface area contributed by atoms with Gasteiger partial charge in [0.2, 0.25) is 0 Å². The first kappa shape index (κ1) is 14.3. The number of nitrogens with zero attached hydrogens (tertiary/aromatic N) is 2. The molecule has 0 aromatic rings. The second kappa shape index (κ2) is 6.36. The molecule has 3 unspecified atom stereocenters. The molecule has 0 aliphatic carbocycles. The van der Waals surface area contributed by atoms with Crippen LogP contribution in [0.5, 0.6) is 0 Å². The van der Waals surface area contributed by atoms with Gasteiger partial charge in [-0.3, -0.25) is 4.90 Å². The fourth-order valence-electron chi connectivity index (χ4n) is 3.41. The van der Waals surface area contributed by atoms with Crippen molar-refractivity contribution >= 4 is 0 Å². The van der Waals surface area contributed by atoms with Crippen molar-refractivity contribution in [2.45, 2.75) is 58.2 Å². The van der Waals surface area contributed by atoms with E-state index < -0.39 is 0 Å². The van der Waals surface area contributed by atoms with Gasteiger partial charge in [-0.1, -0.05) is 20.3 Å². The lowest BCUT2D eigenvalue weighted by Crippen LogP contribution is -2.61. The van der Waals surface area contributed by atoms with E-state index in [0.29, 0.717) is 12.1 Å². The van der Waals surface area contributed by atoms with Gasteiger partial charge in [0.15, 0.2) is 0 Å². The molecule has 0 spiro atoms. The van der Waals surface area contributed by atoms with Crippen LogP contribution < -0.4 is 5.32 Å². The second-order valence-corrected chi connectivity index (χ2v) is 6.48. The molecule has 2 aliphatic heterocycles. The quantitative estimate of drug-likeness (QED) is 0.827. The molecule has 2 rings (SSSR count). The number of piperidine rings is 1. The molecule has 2 heterocycles. The first-order valence-electron chi connectivity index (χ1n) is 7.79. The van der Waals surface area contributed by atoms with Crippen LogP contribution in [0.3, 0.4) is 0 Å². The first-order chi connectivity index (χ1) is 8.61. The predicted octanol–water partition coefficient (Wildman–Crippen LogP) is 1.79. The Labute approximate surface area is 113 Å². The van der Waals surface area contributed by atoms with Crippen molar-refractivity contribution in [3.05, 3.63) is 0 Å². The van der Waals surface area contributed by atoms with E-state index in [4.69, 9.17) is 0 Å². The topological polar surface area (TPSA) is 18.5 Å². The van der Waals surface area contributed by atoms with Gasteiger partial charge in [0.1, 0.15) is 0 Å². The summed E-state index contributed by atoms with van der Waals surface area (Å²) >= 11 is 0. The predicted molar refractivity (Wildman–Crippen MR) is 77.9 cm³/mol.